The molecule has 1 saturated heterocycles. The number of piperidine rings is 1. The summed E-state index contributed by atoms with van der Waals surface area (Å²) in [6.07, 6.45) is 6.86. The number of halogens is 2. The molecule has 1 amide bonds. The van der Waals surface area contributed by atoms with E-state index in [-0.39, 0.29) is 17.9 Å². The number of amides is 1. The van der Waals surface area contributed by atoms with Crippen LogP contribution in [0.15, 0.2) is 36.8 Å². The van der Waals surface area contributed by atoms with Gasteiger partial charge >= 0.3 is 0 Å². The average Bonchev–Trinajstić information content (AvgIpc) is 2.62. The van der Waals surface area contributed by atoms with Crippen molar-refractivity contribution >= 4 is 34.9 Å². The van der Waals surface area contributed by atoms with Crippen LogP contribution in [-0.2, 0) is 4.79 Å². The molecule has 25 heavy (non-hydrogen) atoms. The van der Waals surface area contributed by atoms with E-state index >= 15 is 0 Å². The Hall–Kier alpha value is -1.85. The van der Waals surface area contributed by atoms with Crippen molar-refractivity contribution < 1.29 is 4.79 Å². The minimum absolute atomic E-state index is 0.0344. The molecule has 3 rings (SSSR count). The first-order valence-corrected chi connectivity index (χ1v) is 9.06. The van der Waals surface area contributed by atoms with Gasteiger partial charge in [-0.2, -0.15) is 0 Å². The van der Waals surface area contributed by atoms with Gasteiger partial charge in [-0.1, -0.05) is 29.3 Å². The lowest BCUT2D eigenvalue weighted by Crippen LogP contribution is -2.44. The molecule has 2 atom stereocenters. The summed E-state index contributed by atoms with van der Waals surface area (Å²) in [6.45, 7) is 3.46. The summed E-state index contributed by atoms with van der Waals surface area (Å²) in [4.78, 5) is 23.2. The zero-order valence-electron chi connectivity index (χ0n) is 14.0. The molecule has 0 unspecified atom stereocenters. The standard InChI is InChI=1S/C18H20Cl2N4O/c1-12(15-5-4-14(19)9-16(15)20)23-18(25)13-3-2-8-24(11-13)17-10-21-6-7-22-17/h4-7,9-10,12-13H,2-3,8,11H2,1H3,(H,23,25)/t12-,13+/m1/s1. The number of benzene rings is 1. The molecule has 1 N–H and O–H groups in total. The largest absolute Gasteiger partial charge is 0.355 e. The van der Waals surface area contributed by atoms with Crippen molar-refractivity contribution in [2.45, 2.75) is 25.8 Å². The minimum Gasteiger partial charge on any atom is -0.355 e. The van der Waals surface area contributed by atoms with Gasteiger partial charge in [-0.25, -0.2) is 4.98 Å². The fraction of sp³-hybridized carbons (Fsp3) is 0.389. The minimum atomic E-state index is -0.177. The van der Waals surface area contributed by atoms with Gasteiger partial charge in [-0.05, 0) is 37.5 Å². The number of anilines is 1. The Kier molecular flexibility index (Phi) is 5.76. The maximum Gasteiger partial charge on any atom is 0.225 e. The summed E-state index contributed by atoms with van der Waals surface area (Å²) in [5.41, 5.74) is 0.862. The van der Waals surface area contributed by atoms with Gasteiger partial charge in [0, 0.05) is 35.5 Å². The fourth-order valence-corrected chi connectivity index (χ4v) is 3.69. The van der Waals surface area contributed by atoms with E-state index in [0.29, 0.717) is 16.6 Å². The lowest BCUT2D eigenvalue weighted by molar-refractivity contribution is -0.125. The normalized spacial score (nSPS) is 18.7. The van der Waals surface area contributed by atoms with Crippen molar-refractivity contribution in [1.82, 2.24) is 15.3 Å². The second kappa shape index (κ2) is 8.02. The first-order valence-electron chi connectivity index (χ1n) is 8.31. The van der Waals surface area contributed by atoms with Crippen LogP contribution in [0.2, 0.25) is 10.0 Å². The quantitative estimate of drug-likeness (QED) is 0.876. The van der Waals surface area contributed by atoms with Crippen molar-refractivity contribution in [3.63, 3.8) is 0 Å². The summed E-state index contributed by atoms with van der Waals surface area (Å²) < 4.78 is 0. The zero-order valence-corrected chi connectivity index (χ0v) is 15.5. The van der Waals surface area contributed by atoms with Gasteiger partial charge in [0.1, 0.15) is 5.82 Å². The maximum atomic E-state index is 12.7. The number of hydrogen-bond donors (Lipinski definition) is 1. The summed E-state index contributed by atoms with van der Waals surface area (Å²) in [6, 6.07) is 5.14. The monoisotopic (exact) mass is 378 g/mol. The van der Waals surface area contributed by atoms with Gasteiger partial charge in [0.2, 0.25) is 5.91 Å². The van der Waals surface area contributed by atoms with Crippen molar-refractivity contribution in [2.24, 2.45) is 5.92 Å². The van der Waals surface area contributed by atoms with Crippen LogP contribution in [0, 0.1) is 5.92 Å². The molecule has 5 nitrogen and oxygen atoms in total. The van der Waals surface area contributed by atoms with Gasteiger partial charge in [0.25, 0.3) is 0 Å². The number of carbonyl (C=O) groups is 1. The molecule has 1 aromatic heterocycles. The van der Waals surface area contributed by atoms with Crippen LogP contribution in [0.4, 0.5) is 5.82 Å². The van der Waals surface area contributed by atoms with Crippen LogP contribution < -0.4 is 10.2 Å². The van der Waals surface area contributed by atoms with Crippen LogP contribution >= 0.6 is 23.2 Å². The van der Waals surface area contributed by atoms with E-state index in [2.05, 4.69) is 20.2 Å². The molecule has 2 heterocycles. The van der Waals surface area contributed by atoms with Crippen molar-refractivity contribution in [1.29, 1.82) is 0 Å². The zero-order chi connectivity index (χ0) is 17.8. The van der Waals surface area contributed by atoms with Crippen molar-refractivity contribution in [3.05, 3.63) is 52.4 Å². The Balaban J connectivity index is 1.64. The van der Waals surface area contributed by atoms with Gasteiger partial charge < -0.3 is 10.2 Å². The molecular formula is C18H20Cl2N4O. The van der Waals surface area contributed by atoms with E-state index in [4.69, 9.17) is 23.2 Å². The molecule has 1 aromatic carbocycles. The van der Waals surface area contributed by atoms with Crippen molar-refractivity contribution in [3.8, 4) is 0 Å². The van der Waals surface area contributed by atoms with E-state index in [1.54, 1.807) is 30.7 Å². The summed E-state index contributed by atoms with van der Waals surface area (Å²) in [5.74, 6) is 0.769. The number of carbonyl (C=O) groups excluding carboxylic acids is 1. The van der Waals surface area contributed by atoms with E-state index in [1.807, 2.05) is 13.0 Å². The Morgan fingerprint density at radius 2 is 2.20 bits per heavy atom. The third-order valence-electron chi connectivity index (χ3n) is 4.45. The predicted octanol–water partition coefficient (Wildman–Crippen LogP) is 3.88. The second-order valence-electron chi connectivity index (χ2n) is 6.24. The first-order chi connectivity index (χ1) is 12.0. The maximum absolute atomic E-state index is 12.7. The highest BCUT2D eigenvalue weighted by Crippen LogP contribution is 2.27. The molecule has 132 valence electrons. The number of nitrogens with zero attached hydrogens (tertiary/aromatic N) is 3. The lowest BCUT2D eigenvalue weighted by atomic mass is 9.96. The van der Waals surface area contributed by atoms with Crippen LogP contribution in [-0.4, -0.2) is 29.0 Å². The molecule has 1 fully saturated rings. The smallest absolute Gasteiger partial charge is 0.225 e. The first kappa shape index (κ1) is 18.0. The third kappa shape index (κ3) is 4.41. The van der Waals surface area contributed by atoms with E-state index in [9.17, 15) is 4.79 Å². The fourth-order valence-electron chi connectivity index (χ4n) is 3.12. The van der Waals surface area contributed by atoms with Gasteiger partial charge in [0.05, 0.1) is 18.2 Å². The van der Waals surface area contributed by atoms with E-state index < -0.39 is 0 Å². The van der Waals surface area contributed by atoms with Gasteiger partial charge in [0.15, 0.2) is 0 Å². The molecule has 2 aromatic rings. The third-order valence-corrected chi connectivity index (χ3v) is 5.02. The van der Waals surface area contributed by atoms with E-state index in [1.165, 1.54) is 0 Å². The number of nitrogens with one attached hydrogen (secondary N) is 1. The molecule has 7 heteroatoms. The van der Waals surface area contributed by atoms with Crippen LogP contribution in [0.25, 0.3) is 0 Å². The number of hydrogen-bond acceptors (Lipinski definition) is 4. The Bertz CT molecular complexity index is 741. The molecule has 0 radical (unpaired) electrons. The highest BCUT2D eigenvalue weighted by Gasteiger charge is 2.27. The molecular weight excluding hydrogens is 359 g/mol. The van der Waals surface area contributed by atoms with Crippen LogP contribution in [0.3, 0.4) is 0 Å². The lowest BCUT2D eigenvalue weighted by Gasteiger charge is -2.33. The molecule has 0 bridgehead atoms. The summed E-state index contributed by atoms with van der Waals surface area (Å²) in [5, 5.41) is 4.21. The number of aromatic nitrogens is 2. The van der Waals surface area contributed by atoms with Gasteiger partial charge in [-0.3, -0.25) is 9.78 Å². The van der Waals surface area contributed by atoms with Crippen LogP contribution in [0.1, 0.15) is 31.4 Å². The highest BCUT2D eigenvalue weighted by molar-refractivity contribution is 6.35. The molecule has 0 aliphatic carbocycles. The molecule has 1 aliphatic rings. The Morgan fingerprint density at radius 1 is 1.36 bits per heavy atom. The summed E-state index contributed by atoms with van der Waals surface area (Å²) in [7, 11) is 0. The number of rotatable bonds is 4. The molecule has 0 spiro atoms. The Morgan fingerprint density at radius 3 is 2.92 bits per heavy atom. The summed E-state index contributed by atoms with van der Waals surface area (Å²) >= 11 is 12.2. The molecule has 0 saturated carbocycles. The Labute approximate surface area is 157 Å². The highest BCUT2D eigenvalue weighted by atomic mass is 35.5. The van der Waals surface area contributed by atoms with Crippen molar-refractivity contribution in [2.75, 3.05) is 18.0 Å². The SMILES string of the molecule is C[C@@H](NC(=O)[C@H]1CCCN(c2cnccn2)C1)c1ccc(Cl)cc1Cl. The second-order valence-corrected chi connectivity index (χ2v) is 7.09. The van der Waals surface area contributed by atoms with Crippen LogP contribution in [0.5, 0.6) is 0 Å². The average molecular weight is 379 g/mol. The predicted molar refractivity (Wildman–Crippen MR) is 100.0 cm³/mol. The van der Waals surface area contributed by atoms with E-state index in [0.717, 1.165) is 30.8 Å². The topological polar surface area (TPSA) is 58.1 Å². The molecule has 1 aliphatic heterocycles. The van der Waals surface area contributed by atoms with Gasteiger partial charge in [-0.15, -0.1) is 0 Å².